The molecule has 0 fully saturated rings. The highest BCUT2D eigenvalue weighted by Crippen LogP contribution is 2.30. The zero-order valence-corrected chi connectivity index (χ0v) is 21.7. The molecule has 0 aromatic heterocycles. The highest BCUT2D eigenvalue weighted by Gasteiger charge is 2.37. The van der Waals surface area contributed by atoms with Gasteiger partial charge in [-0.3, -0.25) is 9.59 Å². The first-order valence-electron chi connectivity index (χ1n) is 12.0. The minimum Gasteiger partial charge on any atom is -0.508 e. The number of ether oxygens (including phenoxy) is 1. The first kappa shape index (κ1) is 28.4. The molecule has 0 bridgehead atoms. The Bertz CT molecular complexity index is 1050. The van der Waals surface area contributed by atoms with Crippen LogP contribution >= 0.6 is 0 Å². The van der Waals surface area contributed by atoms with Gasteiger partial charge in [-0.25, -0.2) is 4.79 Å². The lowest BCUT2D eigenvalue weighted by molar-refractivity contribution is -0.142. The molecule has 0 aliphatic carbocycles. The van der Waals surface area contributed by atoms with Gasteiger partial charge in [0, 0.05) is 24.6 Å². The Balaban J connectivity index is 2.52. The molecule has 0 saturated heterocycles. The van der Waals surface area contributed by atoms with Gasteiger partial charge >= 0.3 is 6.09 Å². The molecule has 0 heterocycles. The van der Waals surface area contributed by atoms with Crippen LogP contribution in [0.3, 0.4) is 0 Å². The van der Waals surface area contributed by atoms with Crippen LogP contribution in [0.25, 0.3) is 0 Å². The number of benzene rings is 2. The van der Waals surface area contributed by atoms with Crippen LogP contribution in [0.1, 0.15) is 51.8 Å². The molecular weight excluding hydrogens is 458 g/mol. The molecule has 3 N–H and O–H groups in total. The molecule has 0 aliphatic heterocycles. The second kappa shape index (κ2) is 12.8. The molecule has 3 amide bonds. The summed E-state index contributed by atoms with van der Waals surface area (Å²) in [6, 6.07) is 13.2. The monoisotopic (exact) mass is 495 g/mol. The maximum atomic E-state index is 14.0. The number of para-hydroxylation sites is 1. The van der Waals surface area contributed by atoms with Crippen LogP contribution in [-0.2, 0) is 20.7 Å². The molecule has 0 aliphatic rings. The third kappa shape index (κ3) is 8.45. The van der Waals surface area contributed by atoms with Crippen LogP contribution in [0.15, 0.2) is 67.3 Å². The molecule has 2 aromatic rings. The van der Waals surface area contributed by atoms with Crippen molar-refractivity contribution in [3.05, 3.63) is 78.4 Å². The number of carbonyl (C=O) groups excluding carboxylic acids is 3. The van der Waals surface area contributed by atoms with Crippen LogP contribution in [0.4, 0.5) is 4.79 Å². The van der Waals surface area contributed by atoms with Gasteiger partial charge in [0.15, 0.2) is 0 Å². The number of hydrogen-bond donors (Lipinski definition) is 3. The first-order chi connectivity index (χ1) is 16.9. The third-order valence-corrected chi connectivity index (χ3v) is 5.10. The number of nitrogens with zero attached hydrogens (tertiary/aromatic N) is 1. The summed E-state index contributed by atoms with van der Waals surface area (Å²) in [6.45, 7) is 12.6. The second-order valence-corrected chi connectivity index (χ2v) is 9.79. The lowest BCUT2D eigenvalue weighted by Gasteiger charge is -2.34. The Morgan fingerprint density at radius 2 is 1.64 bits per heavy atom. The Kier molecular flexibility index (Phi) is 10.1. The molecule has 0 saturated carbocycles. The molecule has 2 unspecified atom stereocenters. The standard InChI is InChI=1S/C28H37N3O5/c1-7-17-31(24(25(33)29-19(2)3)21-15-11-12-16-23(21)32)26(34)22(18-20-13-9-8-10-14-20)30-27(35)36-28(4,5)6/h7-16,19,22,24,32H,1,17-18H2,2-6H3,(H,29,33)(H,30,35). The van der Waals surface area contributed by atoms with Crippen molar-refractivity contribution in [2.75, 3.05) is 6.54 Å². The van der Waals surface area contributed by atoms with Crippen LogP contribution < -0.4 is 10.6 Å². The maximum absolute atomic E-state index is 14.0. The van der Waals surface area contributed by atoms with Crippen molar-refractivity contribution in [2.45, 2.75) is 64.8 Å². The van der Waals surface area contributed by atoms with Crippen molar-refractivity contribution in [3.63, 3.8) is 0 Å². The summed E-state index contributed by atoms with van der Waals surface area (Å²) in [7, 11) is 0. The summed E-state index contributed by atoms with van der Waals surface area (Å²) >= 11 is 0. The van der Waals surface area contributed by atoms with Gasteiger partial charge in [0.2, 0.25) is 11.8 Å². The number of phenolic OH excluding ortho intramolecular Hbond substituents is 1. The first-order valence-corrected chi connectivity index (χ1v) is 12.0. The summed E-state index contributed by atoms with van der Waals surface area (Å²) < 4.78 is 5.40. The van der Waals surface area contributed by atoms with Gasteiger partial charge in [0.25, 0.3) is 0 Å². The molecule has 36 heavy (non-hydrogen) atoms. The van der Waals surface area contributed by atoms with Crippen LogP contribution in [0.5, 0.6) is 5.75 Å². The topological polar surface area (TPSA) is 108 Å². The van der Waals surface area contributed by atoms with Gasteiger partial charge in [-0.15, -0.1) is 6.58 Å². The largest absolute Gasteiger partial charge is 0.508 e. The Morgan fingerprint density at radius 1 is 1.03 bits per heavy atom. The van der Waals surface area contributed by atoms with E-state index in [1.807, 2.05) is 44.2 Å². The molecule has 8 nitrogen and oxygen atoms in total. The Morgan fingerprint density at radius 3 is 2.19 bits per heavy atom. The fourth-order valence-electron chi connectivity index (χ4n) is 3.69. The molecule has 8 heteroatoms. The molecule has 0 radical (unpaired) electrons. The number of carbonyl (C=O) groups is 3. The van der Waals surface area contributed by atoms with E-state index in [-0.39, 0.29) is 30.3 Å². The minimum atomic E-state index is -1.15. The van der Waals surface area contributed by atoms with Crippen molar-refractivity contribution >= 4 is 17.9 Å². The van der Waals surface area contributed by atoms with Crippen LogP contribution in [0, 0.1) is 0 Å². The fraction of sp³-hybridized carbons (Fsp3) is 0.393. The average molecular weight is 496 g/mol. The van der Waals surface area contributed by atoms with Gasteiger partial charge in [-0.1, -0.05) is 54.6 Å². The summed E-state index contributed by atoms with van der Waals surface area (Å²) in [6.07, 6.45) is 0.924. The number of amides is 3. The van der Waals surface area contributed by atoms with E-state index in [9.17, 15) is 19.5 Å². The van der Waals surface area contributed by atoms with E-state index >= 15 is 0 Å². The summed E-state index contributed by atoms with van der Waals surface area (Å²) in [4.78, 5) is 41.3. The second-order valence-electron chi connectivity index (χ2n) is 9.79. The Labute approximate surface area is 213 Å². The fourth-order valence-corrected chi connectivity index (χ4v) is 3.69. The smallest absolute Gasteiger partial charge is 0.408 e. The quantitative estimate of drug-likeness (QED) is 0.430. The molecule has 2 rings (SSSR count). The molecule has 0 spiro atoms. The van der Waals surface area contributed by atoms with Crippen LogP contribution in [-0.4, -0.2) is 52.1 Å². The van der Waals surface area contributed by atoms with E-state index in [4.69, 9.17) is 4.74 Å². The molecule has 2 atom stereocenters. The Hall–Kier alpha value is -3.81. The van der Waals surface area contributed by atoms with E-state index in [2.05, 4.69) is 17.2 Å². The number of phenols is 1. The van der Waals surface area contributed by atoms with E-state index in [0.717, 1.165) is 5.56 Å². The number of aromatic hydroxyl groups is 1. The van der Waals surface area contributed by atoms with Crippen molar-refractivity contribution in [1.82, 2.24) is 15.5 Å². The van der Waals surface area contributed by atoms with Crippen molar-refractivity contribution in [1.29, 1.82) is 0 Å². The zero-order valence-electron chi connectivity index (χ0n) is 21.7. The third-order valence-electron chi connectivity index (χ3n) is 5.10. The van der Waals surface area contributed by atoms with Gasteiger partial charge in [0.05, 0.1) is 0 Å². The van der Waals surface area contributed by atoms with Gasteiger partial charge in [-0.2, -0.15) is 0 Å². The predicted molar refractivity (Wildman–Crippen MR) is 139 cm³/mol. The summed E-state index contributed by atoms with van der Waals surface area (Å²) in [5.74, 6) is -1.10. The lowest BCUT2D eigenvalue weighted by atomic mass is 9.99. The van der Waals surface area contributed by atoms with Crippen LogP contribution in [0.2, 0.25) is 0 Å². The minimum absolute atomic E-state index is 0.00460. The lowest BCUT2D eigenvalue weighted by Crippen LogP contribution is -2.54. The number of hydrogen-bond acceptors (Lipinski definition) is 5. The highest BCUT2D eigenvalue weighted by molar-refractivity contribution is 5.93. The van der Waals surface area contributed by atoms with Gasteiger partial charge in [0.1, 0.15) is 23.4 Å². The van der Waals surface area contributed by atoms with Gasteiger partial charge in [-0.05, 0) is 46.2 Å². The SMILES string of the molecule is C=CCN(C(=O)C(Cc1ccccc1)NC(=O)OC(C)(C)C)C(C(=O)NC(C)C)c1ccccc1O. The highest BCUT2D eigenvalue weighted by atomic mass is 16.6. The van der Waals surface area contributed by atoms with E-state index in [0.29, 0.717) is 0 Å². The molecular formula is C28H37N3O5. The van der Waals surface area contributed by atoms with Gasteiger partial charge < -0.3 is 25.4 Å². The van der Waals surface area contributed by atoms with Crippen molar-refractivity contribution < 1.29 is 24.2 Å². The van der Waals surface area contributed by atoms with Crippen molar-refractivity contribution in [3.8, 4) is 5.75 Å². The predicted octanol–water partition coefficient (Wildman–Crippen LogP) is 4.11. The molecule has 194 valence electrons. The summed E-state index contributed by atoms with van der Waals surface area (Å²) in [5.41, 5.74) is 0.318. The van der Waals surface area contributed by atoms with Crippen molar-refractivity contribution in [2.24, 2.45) is 0 Å². The average Bonchev–Trinajstić information content (AvgIpc) is 2.78. The van der Waals surface area contributed by atoms with E-state index < -0.39 is 35.6 Å². The zero-order chi connectivity index (χ0) is 26.9. The number of alkyl carbamates (subject to hydrolysis) is 1. The molecule has 2 aromatic carbocycles. The van der Waals surface area contributed by atoms with E-state index in [1.165, 1.54) is 17.0 Å². The summed E-state index contributed by atoms with van der Waals surface area (Å²) in [5, 5.41) is 16.1. The normalized spacial score (nSPS) is 12.8. The maximum Gasteiger partial charge on any atom is 0.408 e. The van der Waals surface area contributed by atoms with E-state index in [1.54, 1.807) is 39.0 Å². The number of nitrogens with one attached hydrogen (secondary N) is 2. The number of rotatable bonds is 10.